The highest BCUT2D eigenvalue weighted by Gasteiger charge is 2.52. The summed E-state index contributed by atoms with van der Waals surface area (Å²) < 4.78 is 13.0. The van der Waals surface area contributed by atoms with Crippen LogP contribution in [0.15, 0.2) is 86.9 Å². The van der Waals surface area contributed by atoms with Gasteiger partial charge in [0, 0.05) is 22.2 Å². The lowest BCUT2D eigenvalue weighted by atomic mass is 9.73. The Morgan fingerprint density at radius 2 is 1.14 bits per heavy atom. The third-order valence-electron chi connectivity index (χ3n) is 10.00. The maximum absolute atomic E-state index is 12.1. The van der Waals surface area contributed by atoms with E-state index in [9.17, 15) is 9.59 Å². The van der Waals surface area contributed by atoms with Crippen LogP contribution in [0, 0.1) is 50.4 Å². The van der Waals surface area contributed by atoms with E-state index in [1.54, 1.807) is 24.3 Å². The molecule has 0 spiro atoms. The van der Waals surface area contributed by atoms with Crippen LogP contribution in [-0.2, 0) is 9.31 Å². The zero-order valence-corrected chi connectivity index (χ0v) is 36.3. The average molecular weight is 878 g/mol. The molecule has 0 saturated carbocycles. The Hall–Kier alpha value is -5.34. The molecule has 58 heavy (non-hydrogen) atoms. The van der Waals surface area contributed by atoms with Gasteiger partial charge in [-0.15, -0.1) is 0 Å². The van der Waals surface area contributed by atoms with E-state index in [2.05, 4.69) is 89.5 Å². The average Bonchev–Trinajstić information content (AvgIpc) is 3.35. The molecule has 4 aromatic carbocycles. The van der Waals surface area contributed by atoms with Crippen molar-refractivity contribution in [3.05, 3.63) is 142 Å². The van der Waals surface area contributed by atoms with Crippen LogP contribution in [0.25, 0.3) is 45.1 Å². The van der Waals surface area contributed by atoms with Crippen molar-refractivity contribution in [2.75, 3.05) is 0 Å². The number of hydrogen-bond acceptors (Lipinski definition) is 8. The number of nitriles is 2. The number of halogens is 3. The SMILES string of the molecule is Cc1cc(/C=C/C#N)cc(C)c1-c1cccc2c(=O)[nH]c(Cl)nc12.Cc1cc(/C=C/C#N)cc(C)c1B1OC(C)(C)C(C)(C)O1.O=c1[nH]c(Cl)nc2c(Br)cccc12. The summed E-state index contributed by atoms with van der Waals surface area (Å²) in [7, 11) is -0.344. The Morgan fingerprint density at radius 1 is 0.707 bits per heavy atom. The fraction of sp³-hybridized carbons (Fsp3) is 0.227. The van der Waals surface area contributed by atoms with Gasteiger partial charge in [0.05, 0.1) is 45.1 Å². The number of aryl methyl sites for hydroxylation is 4. The predicted molar refractivity (Wildman–Crippen MR) is 238 cm³/mol. The minimum absolute atomic E-state index is 0.0730. The minimum atomic E-state index is -0.344. The van der Waals surface area contributed by atoms with Crippen molar-refractivity contribution in [2.45, 2.75) is 66.6 Å². The number of benzene rings is 4. The smallest absolute Gasteiger partial charge is 0.399 e. The van der Waals surface area contributed by atoms with E-state index in [1.807, 2.05) is 62.4 Å². The number of aromatic nitrogens is 4. The molecular formula is C44H40BBrCl2N6O4. The summed E-state index contributed by atoms with van der Waals surface area (Å²) in [5.74, 6) is 0. The zero-order valence-electron chi connectivity index (χ0n) is 33.2. The first-order chi connectivity index (χ1) is 27.4. The first kappa shape index (κ1) is 43.8. The van der Waals surface area contributed by atoms with Gasteiger partial charge in [-0.25, -0.2) is 9.97 Å². The second-order valence-electron chi connectivity index (χ2n) is 14.7. The number of para-hydroxylation sites is 2. The molecular weight excluding hydrogens is 838 g/mol. The van der Waals surface area contributed by atoms with E-state index in [0.717, 1.165) is 54.4 Å². The molecule has 0 amide bonds. The molecule has 2 aromatic heterocycles. The van der Waals surface area contributed by atoms with Crippen molar-refractivity contribution in [1.29, 1.82) is 10.5 Å². The van der Waals surface area contributed by atoms with Gasteiger partial charge >= 0.3 is 7.12 Å². The highest BCUT2D eigenvalue weighted by Crippen LogP contribution is 2.37. The molecule has 2 N–H and O–H groups in total. The Balaban J connectivity index is 0.000000173. The molecule has 7 rings (SSSR count). The first-order valence-electron chi connectivity index (χ1n) is 18.1. The van der Waals surface area contributed by atoms with Crippen LogP contribution >= 0.6 is 39.1 Å². The van der Waals surface area contributed by atoms with Crippen molar-refractivity contribution in [2.24, 2.45) is 0 Å². The molecule has 1 fully saturated rings. The Labute approximate surface area is 355 Å². The second-order valence-corrected chi connectivity index (χ2v) is 16.2. The van der Waals surface area contributed by atoms with Crippen LogP contribution < -0.4 is 16.6 Å². The minimum Gasteiger partial charge on any atom is -0.399 e. The largest absolute Gasteiger partial charge is 0.495 e. The monoisotopic (exact) mass is 876 g/mol. The molecule has 3 heterocycles. The molecule has 10 nitrogen and oxygen atoms in total. The number of hydrogen-bond donors (Lipinski definition) is 2. The van der Waals surface area contributed by atoms with Gasteiger partial charge in [-0.3, -0.25) is 19.6 Å². The molecule has 1 saturated heterocycles. The Bertz CT molecular complexity index is 2760. The topological polar surface area (TPSA) is 158 Å². The number of rotatable bonds is 4. The van der Waals surface area contributed by atoms with Crippen molar-refractivity contribution < 1.29 is 9.31 Å². The fourth-order valence-corrected chi connectivity index (χ4v) is 7.45. The number of allylic oxidation sites excluding steroid dienone is 2. The Kier molecular flexibility index (Phi) is 13.6. The number of nitrogens with zero attached hydrogens (tertiary/aromatic N) is 4. The van der Waals surface area contributed by atoms with Gasteiger partial charge in [0.25, 0.3) is 11.1 Å². The lowest BCUT2D eigenvalue weighted by Gasteiger charge is -2.32. The quantitative estimate of drug-likeness (QED) is 0.101. The van der Waals surface area contributed by atoms with E-state index >= 15 is 0 Å². The lowest BCUT2D eigenvalue weighted by molar-refractivity contribution is 0.00578. The molecule has 0 unspecified atom stereocenters. The van der Waals surface area contributed by atoms with E-state index in [1.165, 1.54) is 12.2 Å². The molecule has 1 aliphatic heterocycles. The summed E-state index contributed by atoms with van der Waals surface area (Å²) in [5, 5.41) is 18.5. The standard InChI is InChI=1S/C19H14ClN3O.C17H22BNO2.C8H4BrClN2O/c1-11-9-13(5-4-8-21)10-12(2)16(11)14-6-3-7-15-17(14)22-19(20)23-18(15)24;1-12-10-14(8-7-9-19)11-13(2)15(12)18-20-16(3,4)17(5,6)21-18;9-5-3-1-2-4-6(5)11-8(10)12-7(4)13/h3-7,9-10H,1-2H3,(H,22,23,24);7-8,10-11H,1-6H3;1-3H,(H,11,12,13)/b5-4+;8-7+;. The third kappa shape index (κ3) is 9.67. The van der Waals surface area contributed by atoms with Crippen LogP contribution in [0.1, 0.15) is 61.1 Å². The van der Waals surface area contributed by atoms with Gasteiger partial charge in [0.1, 0.15) is 0 Å². The van der Waals surface area contributed by atoms with E-state index < -0.39 is 0 Å². The third-order valence-corrected chi connectivity index (χ3v) is 11.0. The van der Waals surface area contributed by atoms with Gasteiger partial charge in [-0.05, 0) is 158 Å². The summed E-state index contributed by atoms with van der Waals surface area (Å²) in [6.45, 7) is 16.3. The molecule has 0 radical (unpaired) electrons. The molecule has 294 valence electrons. The molecule has 0 atom stereocenters. The Morgan fingerprint density at radius 3 is 1.62 bits per heavy atom. The summed E-state index contributed by atoms with van der Waals surface area (Å²) in [6, 6.07) is 22.9. The highest BCUT2D eigenvalue weighted by atomic mass is 79.9. The molecule has 6 aromatic rings. The molecule has 14 heteroatoms. The van der Waals surface area contributed by atoms with Gasteiger partial charge in [-0.2, -0.15) is 10.5 Å². The van der Waals surface area contributed by atoms with Gasteiger partial charge < -0.3 is 9.31 Å². The van der Waals surface area contributed by atoms with Gasteiger partial charge in [0.2, 0.25) is 10.6 Å². The van der Waals surface area contributed by atoms with Crippen LogP contribution in [0.2, 0.25) is 10.6 Å². The molecule has 0 aliphatic carbocycles. The van der Waals surface area contributed by atoms with Crippen molar-refractivity contribution >= 4 is 85.7 Å². The highest BCUT2D eigenvalue weighted by molar-refractivity contribution is 9.10. The normalized spacial score (nSPS) is 14.2. The van der Waals surface area contributed by atoms with Crippen LogP contribution in [-0.4, -0.2) is 38.3 Å². The van der Waals surface area contributed by atoms with E-state index in [-0.39, 0.29) is 40.0 Å². The van der Waals surface area contributed by atoms with E-state index in [4.69, 9.17) is 43.0 Å². The lowest BCUT2D eigenvalue weighted by Crippen LogP contribution is -2.41. The van der Waals surface area contributed by atoms with Crippen molar-refractivity contribution in [1.82, 2.24) is 19.9 Å². The maximum atomic E-state index is 12.1. The van der Waals surface area contributed by atoms with Gasteiger partial charge in [-0.1, -0.05) is 53.6 Å². The number of nitrogens with one attached hydrogen (secondary N) is 2. The molecule has 1 aliphatic rings. The summed E-state index contributed by atoms with van der Waals surface area (Å²) in [5.41, 5.74) is 9.27. The summed E-state index contributed by atoms with van der Waals surface area (Å²) >= 11 is 14.8. The van der Waals surface area contributed by atoms with Crippen molar-refractivity contribution in [3.8, 4) is 23.3 Å². The summed E-state index contributed by atoms with van der Waals surface area (Å²) in [4.78, 5) is 36.7. The van der Waals surface area contributed by atoms with Crippen LogP contribution in [0.3, 0.4) is 0 Å². The number of H-pyrrole nitrogens is 2. The van der Waals surface area contributed by atoms with E-state index in [0.29, 0.717) is 21.8 Å². The molecule has 0 bridgehead atoms. The zero-order chi connectivity index (χ0) is 42.5. The number of fused-ring (bicyclic) bond motifs is 2. The first-order valence-corrected chi connectivity index (χ1v) is 19.7. The maximum Gasteiger partial charge on any atom is 0.495 e. The van der Waals surface area contributed by atoms with Crippen LogP contribution in [0.5, 0.6) is 0 Å². The second kappa shape index (κ2) is 18.1. The number of aromatic amines is 2. The van der Waals surface area contributed by atoms with Crippen molar-refractivity contribution in [3.63, 3.8) is 0 Å². The fourth-order valence-electron chi connectivity index (χ4n) is 6.66. The summed E-state index contributed by atoms with van der Waals surface area (Å²) in [6.07, 6.45) is 6.52. The van der Waals surface area contributed by atoms with Crippen LogP contribution in [0.4, 0.5) is 0 Å². The van der Waals surface area contributed by atoms with Gasteiger partial charge in [0.15, 0.2) is 0 Å². The predicted octanol–water partition coefficient (Wildman–Crippen LogP) is 9.88.